The molecule has 0 spiro atoms. The Labute approximate surface area is 59.5 Å². The first kappa shape index (κ1) is 8.27. The maximum atomic E-state index is 3.96. The highest BCUT2D eigenvalue weighted by molar-refractivity contribution is 5.79. The van der Waals surface area contributed by atoms with Gasteiger partial charge in [-0.05, 0) is 13.8 Å². The van der Waals surface area contributed by atoms with Crippen molar-refractivity contribution in [1.82, 2.24) is 10.6 Å². The summed E-state index contributed by atoms with van der Waals surface area (Å²) in [6, 6.07) is 0. The van der Waals surface area contributed by atoms with E-state index in [4.69, 9.17) is 0 Å². The van der Waals surface area contributed by atoms with Gasteiger partial charge < -0.3 is 10.6 Å². The number of hydrogen-bond acceptors (Lipinski definition) is 1. The lowest BCUT2D eigenvalue weighted by molar-refractivity contribution is 0.856. The van der Waals surface area contributed by atoms with Gasteiger partial charge >= 0.3 is 0 Å². The Balaban J connectivity index is -0.000000320. The Morgan fingerprint density at radius 2 is 1.78 bits per heavy atom. The maximum Gasteiger partial charge on any atom is 0.190 e. The summed E-state index contributed by atoms with van der Waals surface area (Å²) in [5.41, 5.74) is 0. The molecular weight excluding hydrogens is 114 g/mol. The molecule has 0 fully saturated rings. The van der Waals surface area contributed by atoms with Crippen molar-refractivity contribution in [3.8, 4) is 0 Å². The Kier molecular flexibility index (Phi) is 4.97. The van der Waals surface area contributed by atoms with E-state index in [1.807, 2.05) is 13.8 Å². The minimum Gasteiger partial charge on any atom is -0.357 e. The Morgan fingerprint density at radius 3 is 2.00 bits per heavy atom. The van der Waals surface area contributed by atoms with E-state index >= 15 is 0 Å². The molecule has 0 saturated heterocycles. The molecule has 58 valence electrons. The highest BCUT2D eigenvalue weighted by Gasteiger charge is 1.87. The predicted molar refractivity (Wildman–Crippen MR) is 44.9 cm³/mol. The summed E-state index contributed by atoms with van der Waals surface area (Å²) in [4.78, 5) is 3.96. The van der Waals surface area contributed by atoms with Crippen molar-refractivity contribution in [3.63, 3.8) is 0 Å². The fourth-order valence-corrected chi connectivity index (χ4v) is 0.556. The third-order valence-electron chi connectivity index (χ3n) is 0.912. The molecule has 0 unspecified atom stereocenters. The predicted octanol–water partition coefficient (Wildman–Crippen LogP) is 0.683. The Morgan fingerprint density at radius 1 is 1.33 bits per heavy atom. The van der Waals surface area contributed by atoms with E-state index in [1.165, 1.54) is 0 Å². The van der Waals surface area contributed by atoms with Gasteiger partial charge in [0.05, 0.1) is 0 Å². The number of hydrogen-bond donors (Lipinski definition) is 2. The molecule has 0 bridgehead atoms. The molecule has 0 aromatic heterocycles. The molecular formula is C6H19N3. The number of aliphatic imine (C=N–C) groups is 1. The van der Waals surface area contributed by atoms with Gasteiger partial charge in [-0.15, -0.1) is 0 Å². The van der Waals surface area contributed by atoms with Crippen LogP contribution in [0.4, 0.5) is 0 Å². The number of guanidine groups is 1. The zero-order valence-corrected chi connectivity index (χ0v) is 6.36. The zero-order valence-electron chi connectivity index (χ0n) is 6.36. The summed E-state index contributed by atoms with van der Waals surface area (Å²) in [7, 11) is 1.76. The smallest absolute Gasteiger partial charge is 0.190 e. The van der Waals surface area contributed by atoms with Crippen molar-refractivity contribution in [2.75, 3.05) is 20.1 Å². The van der Waals surface area contributed by atoms with Crippen LogP contribution in [0.15, 0.2) is 4.99 Å². The van der Waals surface area contributed by atoms with E-state index in [2.05, 4.69) is 15.6 Å². The molecule has 0 aliphatic heterocycles. The molecule has 0 aliphatic carbocycles. The van der Waals surface area contributed by atoms with E-state index in [0.29, 0.717) is 0 Å². The summed E-state index contributed by atoms with van der Waals surface area (Å²) >= 11 is 0. The van der Waals surface area contributed by atoms with Gasteiger partial charge in [0.15, 0.2) is 5.96 Å². The van der Waals surface area contributed by atoms with Crippen molar-refractivity contribution in [2.24, 2.45) is 4.99 Å². The van der Waals surface area contributed by atoms with Crippen LogP contribution in [0.2, 0.25) is 0 Å². The van der Waals surface area contributed by atoms with E-state index in [-0.39, 0.29) is 2.85 Å². The van der Waals surface area contributed by atoms with Crippen LogP contribution in [-0.2, 0) is 0 Å². The van der Waals surface area contributed by atoms with Gasteiger partial charge in [0.2, 0.25) is 0 Å². The molecule has 3 heteroatoms. The molecule has 2 N–H and O–H groups in total. The Hall–Kier alpha value is -0.730. The second kappa shape index (κ2) is 5.41. The third kappa shape index (κ3) is 3.82. The lowest BCUT2D eigenvalue weighted by Gasteiger charge is -2.06. The van der Waals surface area contributed by atoms with E-state index < -0.39 is 0 Å². The van der Waals surface area contributed by atoms with Crippen LogP contribution in [-0.4, -0.2) is 26.1 Å². The van der Waals surface area contributed by atoms with Gasteiger partial charge in [-0.2, -0.15) is 0 Å². The lowest BCUT2D eigenvalue weighted by atomic mass is 10.7. The van der Waals surface area contributed by atoms with Gasteiger partial charge in [-0.1, -0.05) is 0 Å². The van der Waals surface area contributed by atoms with Gasteiger partial charge in [-0.25, -0.2) is 0 Å². The highest BCUT2D eigenvalue weighted by atomic mass is 15.2. The van der Waals surface area contributed by atoms with Crippen molar-refractivity contribution < 1.29 is 2.85 Å². The molecule has 0 saturated carbocycles. The molecule has 9 heavy (non-hydrogen) atoms. The minimum absolute atomic E-state index is 0. The molecule has 0 aliphatic rings. The maximum absolute atomic E-state index is 3.96. The van der Waals surface area contributed by atoms with Crippen molar-refractivity contribution in [2.45, 2.75) is 13.8 Å². The van der Waals surface area contributed by atoms with Gasteiger partial charge in [-0.3, -0.25) is 4.99 Å². The summed E-state index contributed by atoms with van der Waals surface area (Å²) in [6.07, 6.45) is 0. The van der Waals surface area contributed by atoms with Crippen LogP contribution in [0.25, 0.3) is 0 Å². The second-order valence-corrected chi connectivity index (χ2v) is 1.63. The molecule has 0 rings (SSSR count). The largest absolute Gasteiger partial charge is 0.357 e. The van der Waals surface area contributed by atoms with Gasteiger partial charge in [0, 0.05) is 23.0 Å². The first-order valence-electron chi connectivity index (χ1n) is 3.29. The highest BCUT2D eigenvalue weighted by Crippen LogP contribution is 1.64. The first-order chi connectivity index (χ1) is 4.35. The molecule has 0 amide bonds. The summed E-state index contributed by atoms with van der Waals surface area (Å²) in [5.74, 6) is 0.875. The average molecular weight is 133 g/mol. The summed E-state index contributed by atoms with van der Waals surface area (Å²) in [6.45, 7) is 5.92. The normalized spacial score (nSPS) is 8.33. The van der Waals surface area contributed by atoms with Crippen molar-refractivity contribution in [3.05, 3.63) is 0 Å². The van der Waals surface area contributed by atoms with Gasteiger partial charge in [0.1, 0.15) is 0 Å². The van der Waals surface area contributed by atoms with E-state index in [1.54, 1.807) is 7.05 Å². The van der Waals surface area contributed by atoms with Crippen LogP contribution >= 0.6 is 0 Å². The zero-order chi connectivity index (χ0) is 7.11. The number of rotatable bonds is 2. The Bertz CT molecular complexity index is 87.8. The topological polar surface area (TPSA) is 36.4 Å². The van der Waals surface area contributed by atoms with Gasteiger partial charge in [0.25, 0.3) is 0 Å². The molecule has 0 aromatic rings. The summed E-state index contributed by atoms with van der Waals surface area (Å²) < 4.78 is 0. The third-order valence-corrected chi connectivity index (χ3v) is 0.912. The van der Waals surface area contributed by atoms with Crippen LogP contribution in [0, 0.1) is 0 Å². The SMILES string of the molecule is CCNC(=NC)NCC.[HH].[HH]. The van der Waals surface area contributed by atoms with E-state index in [9.17, 15) is 0 Å². The molecule has 0 radical (unpaired) electrons. The van der Waals surface area contributed by atoms with Crippen LogP contribution < -0.4 is 10.6 Å². The molecule has 3 nitrogen and oxygen atoms in total. The minimum atomic E-state index is 0. The summed E-state index contributed by atoms with van der Waals surface area (Å²) in [5, 5.41) is 6.14. The van der Waals surface area contributed by atoms with E-state index in [0.717, 1.165) is 19.0 Å². The van der Waals surface area contributed by atoms with Crippen molar-refractivity contribution >= 4 is 5.96 Å². The number of nitrogens with zero attached hydrogens (tertiary/aromatic N) is 1. The lowest BCUT2D eigenvalue weighted by Crippen LogP contribution is -2.36. The monoisotopic (exact) mass is 133 g/mol. The quantitative estimate of drug-likeness (QED) is 0.429. The molecule has 0 aromatic carbocycles. The average Bonchev–Trinajstić information content (AvgIpc) is 1.88. The van der Waals surface area contributed by atoms with Crippen LogP contribution in [0.3, 0.4) is 0 Å². The van der Waals surface area contributed by atoms with Crippen molar-refractivity contribution in [1.29, 1.82) is 0 Å². The fourth-order valence-electron chi connectivity index (χ4n) is 0.556. The van der Waals surface area contributed by atoms with Crippen LogP contribution in [0.5, 0.6) is 0 Å². The molecule has 0 atom stereocenters. The fraction of sp³-hybridized carbons (Fsp3) is 0.833. The standard InChI is InChI=1S/C6H15N3.2H2/c1-4-8-6(7-3)9-5-2;;/h4-5H2,1-3H3,(H2,7,8,9);2*1H. The number of nitrogens with one attached hydrogen (secondary N) is 2. The second-order valence-electron chi connectivity index (χ2n) is 1.63. The molecule has 0 heterocycles. The first-order valence-corrected chi connectivity index (χ1v) is 3.29. The van der Waals surface area contributed by atoms with Crippen LogP contribution in [0.1, 0.15) is 16.7 Å².